The summed E-state index contributed by atoms with van der Waals surface area (Å²) < 4.78 is 11.5. The summed E-state index contributed by atoms with van der Waals surface area (Å²) in [5, 5.41) is 0. The van der Waals surface area contributed by atoms with Crippen molar-refractivity contribution in [2.24, 2.45) is 4.99 Å². The van der Waals surface area contributed by atoms with Crippen molar-refractivity contribution in [1.29, 1.82) is 0 Å². The van der Waals surface area contributed by atoms with E-state index in [2.05, 4.69) is 4.99 Å². The van der Waals surface area contributed by atoms with Crippen LogP contribution in [0.3, 0.4) is 0 Å². The molecule has 1 aliphatic rings. The molecule has 1 fully saturated rings. The predicted molar refractivity (Wildman–Crippen MR) is 77.4 cm³/mol. The van der Waals surface area contributed by atoms with Gasteiger partial charge in [0, 0.05) is 18.0 Å². The molecular formula is C15H20N2O2. The number of hydrogen-bond donors (Lipinski definition) is 1. The van der Waals surface area contributed by atoms with Gasteiger partial charge in [0.15, 0.2) is 0 Å². The molecule has 1 saturated heterocycles. The highest BCUT2D eigenvalue weighted by atomic mass is 16.7. The van der Waals surface area contributed by atoms with Crippen LogP contribution in [-0.4, -0.2) is 17.4 Å². The molecule has 0 amide bonds. The van der Waals surface area contributed by atoms with E-state index >= 15 is 0 Å². The van der Waals surface area contributed by atoms with Crippen LogP contribution < -0.4 is 5.73 Å². The van der Waals surface area contributed by atoms with Gasteiger partial charge in [0.25, 0.3) is 5.95 Å². The van der Waals surface area contributed by atoms with Crippen molar-refractivity contribution < 1.29 is 9.47 Å². The third-order valence-corrected chi connectivity index (χ3v) is 3.47. The number of aliphatic imine (C=N–C) groups is 1. The SMILES string of the molecule is CC1(C)OC(=CC=Nc2cccc(N)c2)OC1(C)C. The van der Waals surface area contributed by atoms with Gasteiger partial charge in [-0.3, -0.25) is 4.99 Å². The van der Waals surface area contributed by atoms with E-state index in [9.17, 15) is 0 Å². The molecule has 0 bridgehead atoms. The van der Waals surface area contributed by atoms with Crippen molar-refractivity contribution in [2.45, 2.75) is 38.9 Å². The van der Waals surface area contributed by atoms with E-state index in [1.54, 1.807) is 18.4 Å². The highest BCUT2D eigenvalue weighted by molar-refractivity contribution is 5.75. The first-order valence-corrected chi connectivity index (χ1v) is 6.28. The Bertz CT molecular complexity index is 513. The first kappa shape index (κ1) is 13.5. The minimum Gasteiger partial charge on any atom is -0.455 e. The number of ether oxygens (including phenoxy) is 2. The number of anilines is 1. The van der Waals surface area contributed by atoms with E-state index in [0.717, 1.165) is 5.69 Å². The minimum absolute atomic E-state index is 0.357. The summed E-state index contributed by atoms with van der Waals surface area (Å²) in [6.07, 6.45) is 3.38. The molecule has 1 aliphatic heterocycles. The average Bonchev–Trinajstić information content (AvgIpc) is 2.47. The zero-order valence-electron chi connectivity index (χ0n) is 11.8. The smallest absolute Gasteiger partial charge is 0.282 e. The zero-order chi connectivity index (χ0) is 14.1. The second-order valence-electron chi connectivity index (χ2n) is 5.58. The molecule has 0 spiro atoms. The van der Waals surface area contributed by atoms with E-state index in [0.29, 0.717) is 11.6 Å². The second kappa shape index (κ2) is 4.61. The molecule has 0 unspecified atom stereocenters. The van der Waals surface area contributed by atoms with Gasteiger partial charge in [-0.1, -0.05) is 6.07 Å². The van der Waals surface area contributed by atoms with Crippen LogP contribution in [0, 0.1) is 0 Å². The Labute approximate surface area is 113 Å². The summed E-state index contributed by atoms with van der Waals surface area (Å²) >= 11 is 0. The van der Waals surface area contributed by atoms with E-state index in [1.807, 2.05) is 45.9 Å². The second-order valence-corrected chi connectivity index (χ2v) is 5.58. The van der Waals surface area contributed by atoms with Crippen LogP contribution in [0.4, 0.5) is 11.4 Å². The molecule has 19 heavy (non-hydrogen) atoms. The molecule has 1 aromatic rings. The van der Waals surface area contributed by atoms with Crippen LogP contribution in [0.25, 0.3) is 0 Å². The summed E-state index contributed by atoms with van der Waals surface area (Å²) in [7, 11) is 0. The Morgan fingerprint density at radius 2 is 1.74 bits per heavy atom. The first-order chi connectivity index (χ1) is 8.80. The number of nitrogen functional groups attached to an aromatic ring is 1. The molecular weight excluding hydrogens is 240 g/mol. The van der Waals surface area contributed by atoms with Gasteiger partial charge in [0.2, 0.25) is 0 Å². The summed E-state index contributed by atoms with van der Waals surface area (Å²) in [4.78, 5) is 4.28. The molecule has 102 valence electrons. The summed E-state index contributed by atoms with van der Waals surface area (Å²) in [6, 6.07) is 7.38. The third-order valence-electron chi connectivity index (χ3n) is 3.47. The zero-order valence-corrected chi connectivity index (χ0v) is 11.8. The van der Waals surface area contributed by atoms with Crippen molar-refractivity contribution in [1.82, 2.24) is 0 Å². The Morgan fingerprint density at radius 1 is 1.11 bits per heavy atom. The monoisotopic (exact) mass is 260 g/mol. The van der Waals surface area contributed by atoms with E-state index in [-0.39, 0.29) is 11.2 Å². The largest absolute Gasteiger partial charge is 0.455 e. The third kappa shape index (κ3) is 2.89. The molecule has 2 rings (SSSR count). The van der Waals surface area contributed by atoms with Crippen LogP contribution in [0.1, 0.15) is 27.7 Å². The van der Waals surface area contributed by atoms with Crippen LogP contribution in [0.2, 0.25) is 0 Å². The van der Waals surface area contributed by atoms with Crippen LogP contribution in [-0.2, 0) is 9.47 Å². The molecule has 1 aromatic carbocycles. The number of nitrogens with two attached hydrogens (primary N) is 1. The minimum atomic E-state index is -0.357. The molecule has 0 radical (unpaired) electrons. The van der Waals surface area contributed by atoms with Crippen LogP contribution in [0.5, 0.6) is 0 Å². The maximum absolute atomic E-state index is 5.75. The van der Waals surface area contributed by atoms with E-state index in [4.69, 9.17) is 15.2 Å². The average molecular weight is 260 g/mol. The van der Waals surface area contributed by atoms with Crippen molar-refractivity contribution in [3.05, 3.63) is 36.3 Å². The van der Waals surface area contributed by atoms with E-state index < -0.39 is 0 Å². The van der Waals surface area contributed by atoms with Crippen molar-refractivity contribution in [3.63, 3.8) is 0 Å². The number of nitrogens with zero attached hydrogens (tertiary/aromatic N) is 1. The molecule has 0 aromatic heterocycles. The Morgan fingerprint density at radius 3 is 2.32 bits per heavy atom. The number of benzene rings is 1. The van der Waals surface area contributed by atoms with Gasteiger partial charge in [-0.2, -0.15) is 0 Å². The lowest BCUT2D eigenvalue weighted by Gasteiger charge is -2.28. The Balaban J connectivity index is 2.09. The fraction of sp³-hybridized carbons (Fsp3) is 0.400. The standard InChI is InChI=1S/C15H20N2O2/c1-14(2)15(3,4)19-13(18-14)8-9-17-12-7-5-6-11(16)10-12/h5-10H,16H2,1-4H3. The Kier molecular flexibility index (Phi) is 3.27. The normalized spacial score (nSPS) is 20.1. The van der Waals surface area contributed by atoms with Gasteiger partial charge in [-0.05, 0) is 45.9 Å². The molecule has 2 N–H and O–H groups in total. The van der Waals surface area contributed by atoms with E-state index in [1.165, 1.54) is 0 Å². The highest BCUT2D eigenvalue weighted by Crippen LogP contribution is 2.39. The maximum Gasteiger partial charge on any atom is 0.282 e. The van der Waals surface area contributed by atoms with Crippen LogP contribution >= 0.6 is 0 Å². The van der Waals surface area contributed by atoms with Gasteiger partial charge < -0.3 is 15.2 Å². The lowest BCUT2D eigenvalue weighted by molar-refractivity contribution is 0.00578. The maximum atomic E-state index is 5.75. The van der Waals surface area contributed by atoms with Crippen LogP contribution in [0.15, 0.2) is 41.3 Å². The molecule has 0 aliphatic carbocycles. The molecule has 1 heterocycles. The lowest BCUT2D eigenvalue weighted by Crippen LogP contribution is -2.41. The highest BCUT2D eigenvalue weighted by Gasteiger charge is 2.48. The Hall–Kier alpha value is -1.97. The first-order valence-electron chi connectivity index (χ1n) is 6.28. The fourth-order valence-electron chi connectivity index (χ4n) is 1.63. The quantitative estimate of drug-likeness (QED) is 0.654. The van der Waals surface area contributed by atoms with Gasteiger partial charge in [-0.15, -0.1) is 0 Å². The molecule has 4 heteroatoms. The topological polar surface area (TPSA) is 56.8 Å². The molecule has 0 saturated carbocycles. The summed E-state index contributed by atoms with van der Waals surface area (Å²) in [5.41, 5.74) is 6.46. The van der Waals surface area contributed by atoms with Gasteiger partial charge >= 0.3 is 0 Å². The summed E-state index contributed by atoms with van der Waals surface area (Å²) in [6.45, 7) is 8.01. The number of rotatable bonds is 2. The fourth-order valence-corrected chi connectivity index (χ4v) is 1.63. The molecule has 4 nitrogen and oxygen atoms in total. The number of allylic oxidation sites excluding steroid dienone is 1. The van der Waals surface area contributed by atoms with Crippen molar-refractivity contribution in [3.8, 4) is 0 Å². The van der Waals surface area contributed by atoms with Crippen molar-refractivity contribution >= 4 is 17.6 Å². The summed E-state index contributed by atoms with van der Waals surface area (Å²) in [5.74, 6) is 0.489. The number of hydrogen-bond acceptors (Lipinski definition) is 4. The predicted octanol–water partition coefficient (Wildman–Crippen LogP) is 3.42. The van der Waals surface area contributed by atoms with Gasteiger partial charge in [-0.25, -0.2) is 0 Å². The van der Waals surface area contributed by atoms with Crippen molar-refractivity contribution in [2.75, 3.05) is 5.73 Å². The molecule has 0 atom stereocenters. The van der Waals surface area contributed by atoms with Gasteiger partial charge in [0.1, 0.15) is 11.2 Å². The lowest BCUT2D eigenvalue weighted by atomic mass is 9.90. The van der Waals surface area contributed by atoms with Gasteiger partial charge in [0.05, 0.1) is 5.69 Å².